The Kier molecular flexibility index (Phi) is 4.62. The van der Waals surface area contributed by atoms with E-state index < -0.39 is 5.97 Å². The highest BCUT2D eigenvalue weighted by Crippen LogP contribution is 2.18. The summed E-state index contributed by atoms with van der Waals surface area (Å²) in [6.07, 6.45) is 2.36. The molecule has 0 unspecified atom stereocenters. The van der Waals surface area contributed by atoms with Gasteiger partial charge in [-0.15, -0.1) is 5.10 Å². The van der Waals surface area contributed by atoms with Gasteiger partial charge in [0, 0.05) is 6.54 Å². The third-order valence-corrected chi connectivity index (χ3v) is 2.19. The highest BCUT2D eigenvalue weighted by atomic mass is 16.5. The van der Waals surface area contributed by atoms with Crippen LogP contribution in [0, 0.1) is 5.41 Å². The van der Waals surface area contributed by atoms with Crippen LogP contribution in [0.15, 0.2) is 6.20 Å². The molecule has 6 nitrogen and oxygen atoms in total. The molecule has 0 aliphatic rings. The molecule has 0 aromatic carbocycles. The van der Waals surface area contributed by atoms with Crippen LogP contribution in [-0.2, 0) is 11.3 Å². The highest BCUT2D eigenvalue weighted by Gasteiger charge is 2.15. The number of ether oxygens (including phenoxy) is 1. The Hall–Kier alpha value is -1.43. The van der Waals surface area contributed by atoms with Crippen molar-refractivity contribution in [2.45, 2.75) is 33.7 Å². The van der Waals surface area contributed by atoms with Gasteiger partial charge in [0.1, 0.15) is 0 Å². The van der Waals surface area contributed by atoms with Crippen LogP contribution in [-0.4, -0.2) is 34.1 Å². The number of nitrogens with two attached hydrogens (primary N) is 1. The molecule has 6 heteroatoms. The number of esters is 1. The number of carbonyl (C=O) groups is 1. The zero-order valence-electron chi connectivity index (χ0n) is 10.6. The molecule has 0 fully saturated rings. The van der Waals surface area contributed by atoms with Crippen molar-refractivity contribution in [2.24, 2.45) is 11.1 Å². The van der Waals surface area contributed by atoms with Crippen molar-refractivity contribution in [1.82, 2.24) is 15.0 Å². The molecule has 1 heterocycles. The average molecular weight is 240 g/mol. The van der Waals surface area contributed by atoms with Gasteiger partial charge in [-0.1, -0.05) is 26.0 Å². The number of hydrogen-bond donors (Lipinski definition) is 1. The van der Waals surface area contributed by atoms with Crippen molar-refractivity contribution in [3.8, 4) is 0 Å². The molecular weight excluding hydrogens is 220 g/mol. The monoisotopic (exact) mass is 240 g/mol. The molecule has 17 heavy (non-hydrogen) atoms. The molecule has 1 aromatic rings. The Bertz CT molecular complexity index is 368. The van der Waals surface area contributed by atoms with Gasteiger partial charge in [-0.2, -0.15) is 0 Å². The van der Waals surface area contributed by atoms with E-state index in [9.17, 15) is 4.79 Å². The summed E-state index contributed by atoms with van der Waals surface area (Å²) in [7, 11) is 0. The summed E-state index contributed by atoms with van der Waals surface area (Å²) in [5.41, 5.74) is 5.75. The number of carbonyl (C=O) groups excluding carboxylic acids is 1. The quantitative estimate of drug-likeness (QED) is 0.771. The van der Waals surface area contributed by atoms with E-state index in [0.717, 1.165) is 6.42 Å². The molecule has 1 aromatic heterocycles. The van der Waals surface area contributed by atoms with E-state index in [-0.39, 0.29) is 11.1 Å². The summed E-state index contributed by atoms with van der Waals surface area (Å²) in [6.45, 7) is 7.69. The van der Waals surface area contributed by atoms with Crippen LogP contribution in [0.5, 0.6) is 0 Å². The highest BCUT2D eigenvalue weighted by molar-refractivity contribution is 5.86. The standard InChI is InChI=1S/C11H20N4O2/c1-11(2,3)4-7-17-10(16)9-8-15(6-5-12)14-13-9/h8H,4-7,12H2,1-3H3. The number of aromatic nitrogens is 3. The molecule has 96 valence electrons. The predicted molar refractivity (Wildman–Crippen MR) is 63.4 cm³/mol. The molecule has 2 N–H and O–H groups in total. The Morgan fingerprint density at radius 1 is 1.53 bits per heavy atom. The van der Waals surface area contributed by atoms with Crippen molar-refractivity contribution >= 4 is 5.97 Å². The SMILES string of the molecule is CC(C)(C)CCOC(=O)c1cn(CCN)nn1. The minimum atomic E-state index is -0.433. The molecule has 0 aliphatic carbocycles. The summed E-state index contributed by atoms with van der Waals surface area (Å²) < 4.78 is 6.64. The van der Waals surface area contributed by atoms with Gasteiger partial charge < -0.3 is 10.5 Å². The summed E-state index contributed by atoms with van der Waals surface area (Å²) >= 11 is 0. The first-order chi connectivity index (χ1) is 7.92. The van der Waals surface area contributed by atoms with E-state index in [1.807, 2.05) is 0 Å². The van der Waals surface area contributed by atoms with Crippen molar-refractivity contribution in [3.63, 3.8) is 0 Å². The zero-order chi connectivity index (χ0) is 12.9. The van der Waals surface area contributed by atoms with E-state index >= 15 is 0 Å². The maximum absolute atomic E-state index is 11.6. The van der Waals surface area contributed by atoms with Crippen LogP contribution in [0.3, 0.4) is 0 Å². The molecular formula is C11H20N4O2. The van der Waals surface area contributed by atoms with Crippen LogP contribution >= 0.6 is 0 Å². The summed E-state index contributed by atoms with van der Waals surface area (Å²) in [5, 5.41) is 7.50. The second kappa shape index (κ2) is 5.77. The molecule has 0 saturated carbocycles. The summed E-state index contributed by atoms with van der Waals surface area (Å²) in [6, 6.07) is 0. The lowest BCUT2D eigenvalue weighted by molar-refractivity contribution is 0.0458. The van der Waals surface area contributed by atoms with E-state index in [1.54, 1.807) is 6.20 Å². The van der Waals surface area contributed by atoms with Gasteiger partial charge in [0.25, 0.3) is 0 Å². The number of hydrogen-bond acceptors (Lipinski definition) is 5. The first kappa shape index (κ1) is 13.6. The topological polar surface area (TPSA) is 83.0 Å². The van der Waals surface area contributed by atoms with Crippen molar-refractivity contribution in [2.75, 3.05) is 13.2 Å². The van der Waals surface area contributed by atoms with Crippen LogP contribution in [0.25, 0.3) is 0 Å². The third-order valence-electron chi connectivity index (χ3n) is 2.19. The maximum atomic E-state index is 11.6. The Balaban J connectivity index is 2.41. The van der Waals surface area contributed by atoms with Crippen molar-refractivity contribution in [3.05, 3.63) is 11.9 Å². The van der Waals surface area contributed by atoms with Crippen LogP contribution < -0.4 is 5.73 Å². The molecule has 0 atom stereocenters. The van der Waals surface area contributed by atoms with Crippen LogP contribution in [0.2, 0.25) is 0 Å². The van der Waals surface area contributed by atoms with Crippen molar-refractivity contribution in [1.29, 1.82) is 0 Å². The molecule has 0 bridgehead atoms. The fourth-order valence-electron chi connectivity index (χ4n) is 1.16. The van der Waals surface area contributed by atoms with E-state index in [1.165, 1.54) is 4.68 Å². The lowest BCUT2D eigenvalue weighted by Crippen LogP contribution is -2.13. The van der Waals surface area contributed by atoms with E-state index in [2.05, 4.69) is 31.1 Å². The van der Waals surface area contributed by atoms with E-state index in [0.29, 0.717) is 19.7 Å². The molecule has 0 radical (unpaired) electrons. The molecule has 0 aliphatic heterocycles. The van der Waals surface area contributed by atoms with Gasteiger partial charge in [0.15, 0.2) is 5.69 Å². The average Bonchev–Trinajstić information content (AvgIpc) is 2.65. The first-order valence-corrected chi connectivity index (χ1v) is 5.70. The zero-order valence-corrected chi connectivity index (χ0v) is 10.6. The second-order valence-electron chi connectivity index (χ2n) is 5.10. The minimum absolute atomic E-state index is 0.150. The minimum Gasteiger partial charge on any atom is -0.461 e. The lowest BCUT2D eigenvalue weighted by atomic mass is 9.93. The second-order valence-corrected chi connectivity index (χ2v) is 5.10. The van der Waals surface area contributed by atoms with E-state index in [4.69, 9.17) is 10.5 Å². The maximum Gasteiger partial charge on any atom is 0.360 e. The Labute approximate surface area is 101 Å². The Morgan fingerprint density at radius 2 is 2.24 bits per heavy atom. The normalized spacial score (nSPS) is 11.5. The smallest absolute Gasteiger partial charge is 0.360 e. The van der Waals surface area contributed by atoms with Gasteiger partial charge in [-0.3, -0.25) is 4.68 Å². The third kappa shape index (κ3) is 4.95. The fraction of sp³-hybridized carbons (Fsp3) is 0.727. The van der Waals surface area contributed by atoms with Gasteiger partial charge in [-0.05, 0) is 11.8 Å². The van der Waals surface area contributed by atoms with Crippen molar-refractivity contribution < 1.29 is 9.53 Å². The predicted octanol–water partition coefficient (Wildman–Crippen LogP) is 0.830. The van der Waals surface area contributed by atoms with Gasteiger partial charge in [-0.25, -0.2) is 4.79 Å². The van der Waals surface area contributed by atoms with Crippen LogP contribution in [0.1, 0.15) is 37.7 Å². The Morgan fingerprint density at radius 3 is 2.82 bits per heavy atom. The first-order valence-electron chi connectivity index (χ1n) is 5.70. The van der Waals surface area contributed by atoms with Gasteiger partial charge in [0.05, 0.1) is 19.3 Å². The van der Waals surface area contributed by atoms with Crippen LogP contribution in [0.4, 0.5) is 0 Å². The lowest BCUT2D eigenvalue weighted by Gasteiger charge is -2.17. The number of nitrogens with zero attached hydrogens (tertiary/aromatic N) is 3. The number of rotatable bonds is 5. The molecule has 0 spiro atoms. The summed E-state index contributed by atoms with van der Waals surface area (Å²) in [5.74, 6) is -0.433. The fourth-order valence-corrected chi connectivity index (χ4v) is 1.16. The van der Waals surface area contributed by atoms with Gasteiger partial charge in [0.2, 0.25) is 0 Å². The largest absolute Gasteiger partial charge is 0.461 e. The van der Waals surface area contributed by atoms with Gasteiger partial charge >= 0.3 is 5.97 Å². The molecule has 0 amide bonds. The summed E-state index contributed by atoms with van der Waals surface area (Å²) in [4.78, 5) is 11.6. The molecule has 1 rings (SSSR count). The molecule has 0 saturated heterocycles.